The van der Waals surface area contributed by atoms with Gasteiger partial charge in [-0.3, -0.25) is 0 Å². The highest BCUT2D eigenvalue weighted by Crippen LogP contribution is 2.21. The molecule has 0 aromatic rings. The molecule has 0 bridgehead atoms. The summed E-state index contributed by atoms with van der Waals surface area (Å²) in [5.41, 5.74) is -0.00836. The number of hydrogen-bond acceptors (Lipinski definition) is 3. The minimum Gasteiger partial charge on any atom is -0.478 e. The molecule has 0 heterocycles. The number of aliphatic hydroxyl groups is 1. The molecule has 1 atom stereocenters. The molecule has 0 saturated carbocycles. The number of carboxylic acid groups (broad SMARTS) is 1. The first kappa shape index (κ1) is 13.0. The third-order valence-electron chi connectivity index (χ3n) is 1.99. The van der Waals surface area contributed by atoms with Gasteiger partial charge in [0.15, 0.2) is 0 Å². The predicted octanol–water partition coefficient (Wildman–Crippen LogP) is 0.971. The Balaban J connectivity index is 4.17. The molecule has 14 heavy (non-hydrogen) atoms. The van der Waals surface area contributed by atoms with Crippen molar-refractivity contribution in [1.29, 1.82) is 0 Å². The van der Waals surface area contributed by atoms with Crippen LogP contribution in [0.3, 0.4) is 0 Å². The summed E-state index contributed by atoms with van der Waals surface area (Å²) in [5.74, 6) is -0.978. The van der Waals surface area contributed by atoms with E-state index in [-0.39, 0.29) is 18.1 Å². The summed E-state index contributed by atoms with van der Waals surface area (Å²) in [5, 5.41) is 20.2. The van der Waals surface area contributed by atoms with E-state index in [0.717, 1.165) is 6.08 Å². The summed E-state index contributed by atoms with van der Waals surface area (Å²) < 4.78 is 0. The van der Waals surface area contributed by atoms with Crippen molar-refractivity contribution in [2.45, 2.75) is 33.2 Å². The van der Waals surface area contributed by atoms with Crippen molar-refractivity contribution in [2.75, 3.05) is 6.61 Å². The van der Waals surface area contributed by atoms with Crippen molar-refractivity contribution in [3.63, 3.8) is 0 Å². The van der Waals surface area contributed by atoms with Crippen LogP contribution in [0.5, 0.6) is 0 Å². The summed E-state index contributed by atoms with van der Waals surface area (Å²) in [7, 11) is 0. The lowest BCUT2D eigenvalue weighted by Crippen LogP contribution is -2.38. The Hall–Kier alpha value is -1.03. The highest BCUT2D eigenvalue weighted by molar-refractivity contribution is 5.79. The topological polar surface area (TPSA) is 69.6 Å². The molecule has 0 rings (SSSR count). The smallest absolute Gasteiger partial charge is 0.329 e. The standard InChI is InChI=1S/C10H19NO3/c1-10(2,3)8(5-7-12)11-6-4-9(13)14/h4,6,8,11-12H,5,7H2,1-3H3,(H,13,14)/b6-4+. The van der Waals surface area contributed by atoms with E-state index in [9.17, 15) is 4.79 Å². The van der Waals surface area contributed by atoms with Gasteiger partial charge in [0, 0.05) is 24.9 Å². The largest absolute Gasteiger partial charge is 0.478 e. The van der Waals surface area contributed by atoms with Crippen LogP contribution in [-0.2, 0) is 4.79 Å². The molecule has 0 aliphatic carbocycles. The number of carbonyl (C=O) groups is 1. The van der Waals surface area contributed by atoms with Crippen molar-refractivity contribution in [2.24, 2.45) is 5.41 Å². The zero-order valence-corrected chi connectivity index (χ0v) is 8.95. The van der Waals surface area contributed by atoms with Gasteiger partial charge in [-0.15, -0.1) is 0 Å². The van der Waals surface area contributed by atoms with E-state index in [4.69, 9.17) is 10.2 Å². The number of aliphatic hydroxyl groups excluding tert-OH is 1. The molecule has 0 fully saturated rings. The molecule has 0 aliphatic heterocycles. The summed E-state index contributed by atoms with van der Waals surface area (Å²) in [6, 6.07) is 0.0723. The lowest BCUT2D eigenvalue weighted by molar-refractivity contribution is -0.131. The highest BCUT2D eigenvalue weighted by atomic mass is 16.4. The van der Waals surface area contributed by atoms with Gasteiger partial charge >= 0.3 is 5.97 Å². The van der Waals surface area contributed by atoms with Gasteiger partial charge < -0.3 is 15.5 Å². The molecule has 3 N–H and O–H groups in total. The Morgan fingerprint density at radius 1 is 1.50 bits per heavy atom. The SMILES string of the molecule is CC(C)(C)C(CCO)N/C=C/C(=O)O. The fourth-order valence-electron chi connectivity index (χ4n) is 1.13. The number of hydrogen-bond donors (Lipinski definition) is 3. The van der Waals surface area contributed by atoms with Gasteiger partial charge in [0.2, 0.25) is 0 Å². The van der Waals surface area contributed by atoms with Gasteiger partial charge in [-0.25, -0.2) is 4.79 Å². The van der Waals surface area contributed by atoms with Crippen LogP contribution in [0.25, 0.3) is 0 Å². The lowest BCUT2D eigenvalue weighted by atomic mass is 9.85. The van der Waals surface area contributed by atoms with E-state index in [2.05, 4.69) is 5.32 Å². The average molecular weight is 201 g/mol. The van der Waals surface area contributed by atoms with E-state index < -0.39 is 5.97 Å². The third kappa shape index (κ3) is 5.59. The average Bonchev–Trinajstić information content (AvgIpc) is 2.00. The molecule has 4 heteroatoms. The van der Waals surface area contributed by atoms with Crippen LogP contribution in [0.4, 0.5) is 0 Å². The third-order valence-corrected chi connectivity index (χ3v) is 1.99. The van der Waals surface area contributed by atoms with Crippen LogP contribution >= 0.6 is 0 Å². The number of aliphatic carboxylic acids is 1. The molecular weight excluding hydrogens is 182 g/mol. The van der Waals surface area contributed by atoms with E-state index in [1.807, 2.05) is 20.8 Å². The molecule has 1 unspecified atom stereocenters. The first-order chi connectivity index (χ1) is 6.38. The van der Waals surface area contributed by atoms with Gasteiger partial charge in [-0.2, -0.15) is 0 Å². The minimum absolute atomic E-state index is 0.00836. The summed E-state index contributed by atoms with van der Waals surface area (Å²) >= 11 is 0. The molecular formula is C10H19NO3. The van der Waals surface area contributed by atoms with E-state index in [1.165, 1.54) is 6.20 Å². The van der Waals surface area contributed by atoms with Crippen LogP contribution < -0.4 is 5.32 Å². The number of rotatable bonds is 5. The molecule has 0 aromatic carbocycles. The summed E-state index contributed by atoms with van der Waals surface area (Å²) in [6.07, 6.45) is 3.07. The van der Waals surface area contributed by atoms with Gasteiger partial charge in [0.25, 0.3) is 0 Å². The van der Waals surface area contributed by atoms with Crippen LogP contribution in [-0.4, -0.2) is 28.8 Å². The maximum atomic E-state index is 10.2. The van der Waals surface area contributed by atoms with Gasteiger partial charge in [-0.1, -0.05) is 20.8 Å². The van der Waals surface area contributed by atoms with Crippen molar-refractivity contribution in [1.82, 2.24) is 5.32 Å². The summed E-state index contributed by atoms with van der Waals surface area (Å²) in [4.78, 5) is 10.2. The van der Waals surface area contributed by atoms with Gasteiger partial charge in [0.05, 0.1) is 0 Å². The maximum absolute atomic E-state index is 10.2. The van der Waals surface area contributed by atoms with E-state index in [1.54, 1.807) is 0 Å². The van der Waals surface area contributed by atoms with Crippen LogP contribution in [0.2, 0.25) is 0 Å². The molecule has 4 nitrogen and oxygen atoms in total. The lowest BCUT2D eigenvalue weighted by Gasteiger charge is -2.30. The predicted molar refractivity (Wildman–Crippen MR) is 54.9 cm³/mol. The molecule has 0 saturated heterocycles. The highest BCUT2D eigenvalue weighted by Gasteiger charge is 2.22. The zero-order chi connectivity index (χ0) is 11.2. The van der Waals surface area contributed by atoms with Crippen molar-refractivity contribution in [3.8, 4) is 0 Å². The molecule has 0 radical (unpaired) electrons. The second-order valence-corrected chi connectivity index (χ2v) is 4.27. The Labute approximate surface area is 84.6 Å². The Bertz CT molecular complexity index is 206. The van der Waals surface area contributed by atoms with Gasteiger partial charge in [0.1, 0.15) is 0 Å². The monoisotopic (exact) mass is 201 g/mol. The molecule has 0 spiro atoms. The fraction of sp³-hybridized carbons (Fsp3) is 0.700. The Morgan fingerprint density at radius 3 is 2.43 bits per heavy atom. The second kappa shape index (κ2) is 5.65. The van der Waals surface area contributed by atoms with Crippen molar-refractivity contribution >= 4 is 5.97 Å². The van der Waals surface area contributed by atoms with Crippen LogP contribution in [0.15, 0.2) is 12.3 Å². The fourth-order valence-corrected chi connectivity index (χ4v) is 1.13. The normalized spacial score (nSPS) is 14.3. The maximum Gasteiger partial charge on any atom is 0.329 e. The number of carboxylic acids is 1. The quantitative estimate of drug-likeness (QED) is 0.580. The summed E-state index contributed by atoms with van der Waals surface area (Å²) in [6.45, 7) is 6.20. The first-order valence-corrected chi connectivity index (χ1v) is 4.64. The van der Waals surface area contributed by atoms with Gasteiger partial charge in [-0.05, 0) is 11.8 Å². The second-order valence-electron chi connectivity index (χ2n) is 4.27. The van der Waals surface area contributed by atoms with E-state index >= 15 is 0 Å². The van der Waals surface area contributed by atoms with Crippen molar-refractivity contribution < 1.29 is 15.0 Å². The van der Waals surface area contributed by atoms with E-state index in [0.29, 0.717) is 6.42 Å². The number of nitrogens with one attached hydrogen (secondary N) is 1. The molecule has 0 amide bonds. The zero-order valence-electron chi connectivity index (χ0n) is 8.95. The van der Waals surface area contributed by atoms with Crippen LogP contribution in [0.1, 0.15) is 27.2 Å². The molecule has 82 valence electrons. The Morgan fingerprint density at radius 2 is 2.07 bits per heavy atom. The molecule has 0 aromatic heterocycles. The Kier molecular flexibility index (Phi) is 5.23. The van der Waals surface area contributed by atoms with Crippen LogP contribution in [0, 0.1) is 5.41 Å². The first-order valence-electron chi connectivity index (χ1n) is 4.64. The molecule has 0 aliphatic rings. The van der Waals surface area contributed by atoms with Crippen molar-refractivity contribution in [3.05, 3.63) is 12.3 Å². The minimum atomic E-state index is -0.978.